The number of carbonyl (C=O) groups excluding carboxylic acids is 5. The number of thiazole rings is 1. The highest BCUT2D eigenvalue weighted by molar-refractivity contribution is 7.99. The highest BCUT2D eigenvalue weighted by Crippen LogP contribution is 2.44. The Hall–Kier alpha value is -7.49. The molecule has 1 unspecified atom stereocenters. The zero-order valence-electron chi connectivity index (χ0n) is 60.8. The van der Waals surface area contributed by atoms with Gasteiger partial charge in [0.25, 0.3) is 25.8 Å². The molecular formula is C76H94ClF3N10O13S4. The number of piperazine rings is 1. The second kappa shape index (κ2) is 36.4. The van der Waals surface area contributed by atoms with E-state index in [-0.39, 0.29) is 57.4 Å². The molecule has 4 aliphatic rings. The SMILES string of the molecule is Cc1ncsc1-c1ccc([C@H](C)NC(=O)[C@@H]2C[C@@H](O)CN2C(=O)[C@@H](NC(=O)COCCOCCNC(=O)C2(C)CCC(c3ccc(Cl)cc3)=C(CN3CCN(c4ccc(C(=O)NS(=O)(=O)c5ccc(N[C@H](CCN6CCOCC6)CSc6ccccc6)c(S(=O)(=O)C(F)(F)F)c5)cc4)CC3)C2)C(C)(C)C)cc1. The minimum Gasteiger partial charge on any atom is -0.391 e. The first-order valence-electron chi connectivity index (χ1n) is 35.7. The van der Waals surface area contributed by atoms with Crippen molar-refractivity contribution in [1.29, 1.82) is 0 Å². The number of allylic oxidation sites excluding steroid dienone is 1. The number of hydrogen-bond donors (Lipinski definition) is 6. The number of aliphatic hydroxyl groups excluding tert-OH is 1. The number of benzene rings is 5. The van der Waals surface area contributed by atoms with Gasteiger partial charge in [0.05, 0.1) is 77.3 Å². The third-order valence-electron chi connectivity index (χ3n) is 19.7. The fourth-order valence-corrected chi connectivity index (χ4v) is 17.5. The van der Waals surface area contributed by atoms with Crippen LogP contribution in [0.3, 0.4) is 0 Å². The molecule has 5 aromatic carbocycles. The van der Waals surface area contributed by atoms with Gasteiger partial charge in [0, 0.05) is 105 Å². The predicted molar refractivity (Wildman–Crippen MR) is 407 cm³/mol. The van der Waals surface area contributed by atoms with E-state index in [1.807, 2.05) is 104 Å². The molecule has 5 amide bonds. The van der Waals surface area contributed by atoms with Crippen molar-refractivity contribution < 1.29 is 73.3 Å². The number of nitrogens with zero attached hydrogens (tertiary/aromatic N) is 5. The maximum absolute atomic E-state index is 14.4. The quantitative estimate of drug-likeness (QED) is 0.0174. The van der Waals surface area contributed by atoms with Crippen molar-refractivity contribution in [1.82, 2.24) is 40.4 Å². The van der Waals surface area contributed by atoms with Gasteiger partial charge in [-0.1, -0.05) is 99.5 Å². The van der Waals surface area contributed by atoms with Crippen LogP contribution in [0, 0.1) is 17.8 Å². The summed E-state index contributed by atoms with van der Waals surface area (Å²) in [4.78, 5) is 81.1. The molecule has 6 atom stereocenters. The molecule has 0 bridgehead atoms. The lowest BCUT2D eigenvalue weighted by Crippen LogP contribution is -2.58. The first kappa shape index (κ1) is 82.0. The van der Waals surface area contributed by atoms with Gasteiger partial charge in [0.1, 0.15) is 23.6 Å². The van der Waals surface area contributed by atoms with Gasteiger partial charge >= 0.3 is 5.51 Å². The number of β-amino-alcohol motifs (C(OH)–C–C–N with tert-alkyl or cyclic N) is 1. The van der Waals surface area contributed by atoms with Gasteiger partial charge in [-0.25, -0.2) is 26.5 Å². The molecule has 10 rings (SSSR count). The van der Waals surface area contributed by atoms with Crippen molar-refractivity contribution in [3.8, 4) is 10.4 Å². The van der Waals surface area contributed by atoms with Crippen molar-refractivity contribution in [2.75, 3.05) is 121 Å². The predicted octanol–water partition coefficient (Wildman–Crippen LogP) is 9.76. The summed E-state index contributed by atoms with van der Waals surface area (Å²) in [5.74, 6) is -2.34. The largest absolute Gasteiger partial charge is 0.501 e. The van der Waals surface area contributed by atoms with Crippen LogP contribution in [0.5, 0.6) is 0 Å². The van der Waals surface area contributed by atoms with Crippen molar-refractivity contribution >= 4 is 101 Å². The van der Waals surface area contributed by atoms with E-state index in [2.05, 4.69) is 41.0 Å². The van der Waals surface area contributed by atoms with Gasteiger partial charge in [0.15, 0.2) is 0 Å². The Morgan fingerprint density at radius 1 is 0.832 bits per heavy atom. The standard InChI is InChI=1S/C76H94ClF3N10O13S4/c1-50(52-12-14-54(15-13-52)68-51(2)82-49-105-68)83-71(94)65-42-60(91)46-90(65)72(95)69(74(3,4)5)85-67(92)47-103-41-40-101-37-29-81-73(96)75(6)28-26-63(53-16-20-57(77)21-17-53)56(44-75)45-88-31-33-89(34-32-88)59-22-18-55(19-23-59)70(93)86-107(99,100)62-24-25-64(66(43-62)106(97,98)76(78,79)80)84-58(27-30-87-35-38-102-39-36-87)48-104-61-10-8-7-9-11-61/h7-25,43,49-50,58,60,65,69,84,91H,26-42,44-48H2,1-6H3,(H,81,96)(H,83,94)(H,85,92)(H,86,93)/t50-,58+,60+,65-,69+,75?/m0/s1. The van der Waals surface area contributed by atoms with E-state index in [0.717, 1.165) is 61.1 Å². The normalized spacial score (nSPS) is 19.4. The summed E-state index contributed by atoms with van der Waals surface area (Å²) in [5, 5.41) is 23.2. The number of thioether (sulfide) groups is 1. The summed E-state index contributed by atoms with van der Waals surface area (Å²) in [6.45, 7) is 17.1. The van der Waals surface area contributed by atoms with Gasteiger partial charge < -0.3 is 50.4 Å². The second-order valence-corrected chi connectivity index (χ2v) is 34.7. The van der Waals surface area contributed by atoms with Crippen LogP contribution in [-0.4, -0.2) is 212 Å². The molecule has 3 saturated heterocycles. The number of sulfone groups is 1. The molecule has 1 aromatic heterocycles. The molecule has 31 heteroatoms. The molecule has 0 saturated carbocycles. The number of sulfonamides is 1. The number of morpholine rings is 1. The molecule has 3 aliphatic heterocycles. The Labute approximate surface area is 637 Å². The van der Waals surface area contributed by atoms with Crippen LogP contribution in [0.1, 0.15) is 99.9 Å². The fourth-order valence-electron chi connectivity index (χ4n) is 13.6. The first-order chi connectivity index (χ1) is 50.8. The minimum atomic E-state index is -6.12. The molecule has 6 aromatic rings. The summed E-state index contributed by atoms with van der Waals surface area (Å²) < 4.78 is 116. The summed E-state index contributed by atoms with van der Waals surface area (Å²) in [6, 6.07) is 30.4. The summed E-state index contributed by atoms with van der Waals surface area (Å²) in [5.41, 5.74) is 0.787. The number of hydrogen-bond acceptors (Lipinski definition) is 20. The third kappa shape index (κ3) is 21.7. The second-order valence-electron chi connectivity index (χ2n) is 28.7. The Bertz CT molecular complexity index is 4330. The zero-order chi connectivity index (χ0) is 76.8. The van der Waals surface area contributed by atoms with E-state index in [4.69, 9.17) is 25.8 Å². The molecule has 0 radical (unpaired) electrons. The number of alkyl halides is 3. The molecule has 1 aliphatic carbocycles. The number of anilines is 2. The first-order valence-corrected chi connectivity index (χ1v) is 40.9. The van der Waals surface area contributed by atoms with Crippen LogP contribution >= 0.6 is 34.7 Å². The van der Waals surface area contributed by atoms with Crippen LogP contribution in [-0.2, 0) is 53.2 Å². The van der Waals surface area contributed by atoms with Gasteiger partial charge in [-0.15, -0.1) is 23.1 Å². The molecule has 107 heavy (non-hydrogen) atoms. The lowest BCUT2D eigenvalue weighted by atomic mass is 9.70. The van der Waals surface area contributed by atoms with Gasteiger partial charge in [0.2, 0.25) is 23.6 Å². The van der Waals surface area contributed by atoms with E-state index >= 15 is 0 Å². The summed E-state index contributed by atoms with van der Waals surface area (Å²) in [7, 11) is -11.1. The lowest BCUT2D eigenvalue weighted by Gasteiger charge is -2.40. The molecule has 6 N–H and O–H groups in total. The minimum absolute atomic E-state index is 0.0418. The Balaban J connectivity index is 0.677. The van der Waals surface area contributed by atoms with E-state index in [1.165, 1.54) is 28.8 Å². The number of halogens is 4. The Morgan fingerprint density at radius 2 is 1.51 bits per heavy atom. The number of rotatable bonds is 31. The van der Waals surface area contributed by atoms with E-state index in [9.17, 15) is 59.1 Å². The average Bonchev–Trinajstić information content (AvgIpc) is 1.11. The lowest BCUT2D eigenvalue weighted by molar-refractivity contribution is -0.144. The highest BCUT2D eigenvalue weighted by atomic mass is 35.5. The van der Waals surface area contributed by atoms with E-state index in [1.54, 1.807) is 49.8 Å². The molecule has 4 heterocycles. The number of aromatic nitrogens is 1. The van der Waals surface area contributed by atoms with Gasteiger partial charge in [-0.3, -0.25) is 33.8 Å². The smallest absolute Gasteiger partial charge is 0.391 e. The van der Waals surface area contributed by atoms with Crippen molar-refractivity contribution in [2.45, 2.75) is 124 Å². The number of likely N-dealkylation sites (tertiary alicyclic amines) is 1. The number of amides is 5. The average molecular weight is 1580 g/mol. The fraction of sp³-hybridized carbons (Fsp3) is 0.474. The van der Waals surface area contributed by atoms with E-state index < -0.39 is 106 Å². The van der Waals surface area contributed by atoms with Crippen molar-refractivity contribution in [3.05, 3.63) is 160 Å². The maximum Gasteiger partial charge on any atom is 0.501 e. The summed E-state index contributed by atoms with van der Waals surface area (Å²) in [6.07, 6.45) is 1.21. The molecule has 3 fully saturated rings. The maximum atomic E-state index is 14.4. The number of aryl methyl sites for hydroxylation is 1. The van der Waals surface area contributed by atoms with Gasteiger partial charge in [-0.05, 0) is 134 Å². The molecule has 23 nitrogen and oxygen atoms in total. The van der Waals surface area contributed by atoms with Crippen LogP contribution in [0.15, 0.2) is 147 Å². The molecule has 0 spiro atoms. The highest BCUT2D eigenvalue weighted by Gasteiger charge is 2.49. The monoisotopic (exact) mass is 1570 g/mol. The van der Waals surface area contributed by atoms with Crippen molar-refractivity contribution in [2.24, 2.45) is 10.8 Å². The number of aliphatic hydroxyl groups is 1. The summed E-state index contributed by atoms with van der Waals surface area (Å²) >= 11 is 9.31. The number of carbonyl (C=O) groups is 5. The van der Waals surface area contributed by atoms with Crippen molar-refractivity contribution in [3.63, 3.8) is 0 Å². The van der Waals surface area contributed by atoms with Crippen LogP contribution < -0.4 is 30.9 Å². The third-order valence-corrected chi connectivity index (χ3v) is 25.0. The number of nitrogens with one attached hydrogen (secondary N) is 5. The topological polar surface area (TPSA) is 288 Å². The molecular weight excluding hydrogens is 1480 g/mol. The molecule has 578 valence electrons. The van der Waals surface area contributed by atoms with Gasteiger partial charge in [-0.2, -0.15) is 13.2 Å². The van der Waals surface area contributed by atoms with E-state index in [0.29, 0.717) is 108 Å². The van der Waals surface area contributed by atoms with Crippen LogP contribution in [0.4, 0.5) is 24.5 Å². The van der Waals surface area contributed by atoms with Crippen LogP contribution in [0.2, 0.25) is 5.02 Å². The zero-order valence-corrected chi connectivity index (χ0v) is 64.8. The number of ether oxygens (including phenoxy) is 3. The van der Waals surface area contributed by atoms with Crippen LogP contribution in [0.25, 0.3) is 16.0 Å². The Kier molecular flexibility index (Phi) is 27.9. The Morgan fingerprint density at radius 3 is 2.18 bits per heavy atom.